The van der Waals surface area contributed by atoms with Gasteiger partial charge in [-0.3, -0.25) is 9.59 Å². The zero-order valence-electron chi connectivity index (χ0n) is 23.9. The van der Waals surface area contributed by atoms with Crippen LogP contribution >= 0.6 is 0 Å². The topological polar surface area (TPSA) is 102 Å². The van der Waals surface area contributed by atoms with Crippen LogP contribution < -0.4 is 30.3 Å². The molecule has 0 atom stereocenters. The first-order valence-corrected chi connectivity index (χ1v) is 14.1. The minimum absolute atomic E-state index is 0.0969. The van der Waals surface area contributed by atoms with E-state index in [1.807, 2.05) is 54.6 Å². The van der Waals surface area contributed by atoms with E-state index in [9.17, 15) is 9.59 Å². The average Bonchev–Trinajstić information content (AvgIpc) is 3.02. The second kappa shape index (κ2) is 13.7. The van der Waals surface area contributed by atoms with Gasteiger partial charge in [0.2, 0.25) is 0 Å². The van der Waals surface area contributed by atoms with Gasteiger partial charge >= 0.3 is 0 Å². The number of amides is 1. The Bertz CT molecular complexity index is 1730. The maximum absolute atomic E-state index is 13.1. The Hall–Kier alpha value is -4.82. The van der Waals surface area contributed by atoms with Crippen molar-refractivity contribution in [1.29, 1.82) is 0 Å². The van der Waals surface area contributed by atoms with Crippen LogP contribution in [0.2, 0.25) is 0 Å². The summed E-state index contributed by atoms with van der Waals surface area (Å²) in [6, 6.07) is 25.8. The number of benzene rings is 4. The molecule has 4 aromatic carbocycles. The number of H-pyrrole nitrogens is 1. The Morgan fingerprint density at radius 2 is 1.57 bits per heavy atom. The summed E-state index contributed by atoms with van der Waals surface area (Å²) < 4.78 is 16.5. The molecule has 0 saturated carbocycles. The van der Waals surface area contributed by atoms with Crippen LogP contribution in [-0.2, 0) is 6.42 Å². The molecule has 0 spiro atoms. The molecule has 0 aliphatic heterocycles. The van der Waals surface area contributed by atoms with E-state index in [0.717, 1.165) is 49.6 Å². The fraction of sp³-hybridized carbons (Fsp3) is 0.235. The molecule has 5 aromatic rings. The fourth-order valence-electron chi connectivity index (χ4n) is 4.93. The van der Waals surface area contributed by atoms with Gasteiger partial charge in [-0.25, -0.2) is 0 Å². The molecule has 42 heavy (non-hydrogen) atoms. The summed E-state index contributed by atoms with van der Waals surface area (Å²) in [4.78, 5) is 29.3. The molecule has 0 aliphatic carbocycles. The molecule has 0 aliphatic rings. The summed E-state index contributed by atoms with van der Waals surface area (Å²) >= 11 is 0. The number of ether oxygens (including phenoxy) is 3. The zero-order chi connectivity index (χ0) is 29.3. The Kier molecular flexibility index (Phi) is 9.36. The van der Waals surface area contributed by atoms with E-state index in [-0.39, 0.29) is 11.3 Å². The highest BCUT2D eigenvalue weighted by Crippen LogP contribution is 2.28. The maximum atomic E-state index is 13.1. The molecule has 216 valence electrons. The van der Waals surface area contributed by atoms with Gasteiger partial charge in [-0.15, -0.1) is 0 Å². The second-order valence-corrected chi connectivity index (χ2v) is 9.95. The summed E-state index contributed by atoms with van der Waals surface area (Å²) in [6.07, 6.45) is 2.86. The van der Waals surface area contributed by atoms with Crippen molar-refractivity contribution in [3.8, 4) is 17.2 Å². The maximum Gasteiger partial charge on any atom is 0.257 e. The molecule has 1 amide bonds. The third-order valence-electron chi connectivity index (χ3n) is 7.13. The molecule has 0 fully saturated rings. The standard InChI is InChI=1S/C34H35N3O5/c1-40-30-18-13-23(22-31(30)41-2)8-6-19-35-20-7-21-42-25-16-14-24(15-17-25)36-34(39)28-11-5-10-27-32(28)37-29-12-4-3-9-26(29)33(27)38/h3-5,9-18,22,35H,6-8,19-21H2,1-2H3,(H,36,39)(H,37,38). The second-order valence-electron chi connectivity index (χ2n) is 9.95. The molecular formula is C34H35N3O5. The van der Waals surface area contributed by atoms with Crippen LogP contribution in [0.5, 0.6) is 17.2 Å². The molecule has 0 radical (unpaired) electrons. The molecule has 1 aromatic heterocycles. The van der Waals surface area contributed by atoms with E-state index in [1.54, 1.807) is 38.5 Å². The molecule has 0 saturated heterocycles. The number of nitrogens with one attached hydrogen (secondary N) is 3. The number of aromatic nitrogens is 1. The van der Waals surface area contributed by atoms with Crippen molar-refractivity contribution in [2.75, 3.05) is 39.2 Å². The van der Waals surface area contributed by atoms with Gasteiger partial charge in [0, 0.05) is 22.0 Å². The van der Waals surface area contributed by atoms with Crippen molar-refractivity contribution in [2.24, 2.45) is 0 Å². The Labute approximate surface area is 244 Å². The number of carbonyl (C=O) groups is 1. The van der Waals surface area contributed by atoms with Gasteiger partial charge in [-0.1, -0.05) is 24.3 Å². The lowest BCUT2D eigenvalue weighted by molar-refractivity contribution is 0.102. The summed E-state index contributed by atoms with van der Waals surface area (Å²) in [5.41, 5.74) is 3.39. The predicted octanol–water partition coefficient (Wildman–Crippen LogP) is 5.94. The molecule has 3 N–H and O–H groups in total. The normalized spacial score (nSPS) is 11.0. The number of carbonyl (C=O) groups excluding carboxylic acids is 1. The lowest BCUT2D eigenvalue weighted by atomic mass is 10.1. The van der Waals surface area contributed by atoms with Crippen molar-refractivity contribution < 1.29 is 19.0 Å². The van der Waals surface area contributed by atoms with Gasteiger partial charge in [0.25, 0.3) is 5.91 Å². The highest BCUT2D eigenvalue weighted by atomic mass is 16.5. The number of fused-ring (bicyclic) bond motifs is 2. The van der Waals surface area contributed by atoms with Crippen LogP contribution in [0, 0.1) is 0 Å². The number of hydrogen-bond acceptors (Lipinski definition) is 6. The first-order chi connectivity index (χ1) is 20.6. The smallest absolute Gasteiger partial charge is 0.257 e. The number of aromatic amines is 1. The molecule has 0 unspecified atom stereocenters. The summed E-state index contributed by atoms with van der Waals surface area (Å²) in [5.74, 6) is 1.94. The highest BCUT2D eigenvalue weighted by molar-refractivity contribution is 6.13. The summed E-state index contributed by atoms with van der Waals surface area (Å²) in [6.45, 7) is 2.37. The Morgan fingerprint density at radius 1 is 0.810 bits per heavy atom. The fourth-order valence-corrected chi connectivity index (χ4v) is 4.93. The summed E-state index contributed by atoms with van der Waals surface area (Å²) in [5, 5.41) is 7.47. The van der Waals surface area contributed by atoms with Crippen molar-refractivity contribution in [3.63, 3.8) is 0 Å². The number of methoxy groups -OCH3 is 2. The molecule has 0 bridgehead atoms. The minimum Gasteiger partial charge on any atom is -0.494 e. The molecule has 8 heteroatoms. The first-order valence-electron chi connectivity index (χ1n) is 14.1. The number of pyridine rings is 1. The number of hydrogen-bond donors (Lipinski definition) is 3. The van der Waals surface area contributed by atoms with Gasteiger partial charge in [0.1, 0.15) is 5.75 Å². The third-order valence-corrected chi connectivity index (χ3v) is 7.13. The van der Waals surface area contributed by atoms with E-state index in [1.165, 1.54) is 5.56 Å². The van der Waals surface area contributed by atoms with Gasteiger partial charge in [-0.2, -0.15) is 0 Å². The monoisotopic (exact) mass is 565 g/mol. The van der Waals surface area contributed by atoms with E-state index in [2.05, 4.69) is 21.7 Å². The van der Waals surface area contributed by atoms with E-state index < -0.39 is 0 Å². The van der Waals surface area contributed by atoms with Crippen LogP contribution in [0.4, 0.5) is 5.69 Å². The minimum atomic E-state index is -0.294. The van der Waals surface area contributed by atoms with Crippen molar-refractivity contribution in [2.45, 2.75) is 19.3 Å². The number of aryl methyl sites for hydroxylation is 1. The lowest BCUT2D eigenvalue weighted by Crippen LogP contribution is -2.19. The van der Waals surface area contributed by atoms with E-state index in [4.69, 9.17) is 14.2 Å². The van der Waals surface area contributed by atoms with Crippen molar-refractivity contribution >= 4 is 33.4 Å². The Balaban J connectivity index is 1.06. The van der Waals surface area contributed by atoms with E-state index >= 15 is 0 Å². The average molecular weight is 566 g/mol. The highest BCUT2D eigenvalue weighted by Gasteiger charge is 2.14. The lowest BCUT2D eigenvalue weighted by Gasteiger charge is -2.11. The predicted molar refractivity (Wildman–Crippen MR) is 167 cm³/mol. The van der Waals surface area contributed by atoms with Gasteiger partial charge < -0.3 is 29.8 Å². The van der Waals surface area contributed by atoms with Gasteiger partial charge in [0.15, 0.2) is 16.9 Å². The molecule has 8 nitrogen and oxygen atoms in total. The number of rotatable bonds is 13. The molecule has 5 rings (SSSR count). The van der Waals surface area contributed by atoms with Crippen LogP contribution in [0.1, 0.15) is 28.8 Å². The SMILES string of the molecule is COc1ccc(CCCNCCCOc2ccc(NC(=O)c3cccc4c(=O)c5ccccc5[nH]c34)cc2)cc1OC. The number of anilines is 1. The summed E-state index contributed by atoms with van der Waals surface area (Å²) in [7, 11) is 3.29. The molecular weight excluding hydrogens is 530 g/mol. The van der Waals surface area contributed by atoms with Crippen LogP contribution in [0.25, 0.3) is 21.8 Å². The zero-order valence-corrected chi connectivity index (χ0v) is 23.9. The van der Waals surface area contributed by atoms with E-state index in [0.29, 0.717) is 39.7 Å². The van der Waals surface area contributed by atoms with Crippen molar-refractivity contribution in [1.82, 2.24) is 10.3 Å². The largest absolute Gasteiger partial charge is 0.494 e. The quantitative estimate of drug-likeness (QED) is 0.121. The first kappa shape index (κ1) is 28.7. The van der Waals surface area contributed by atoms with Crippen molar-refractivity contribution in [3.05, 3.63) is 106 Å². The molecule has 1 heterocycles. The number of para-hydroxylation sites is 2. The van der Waals surface area contributed by atoms with Crippen LogP contribution in [0.15, 0.2) is 89.7 Å². The van der Waals surface area contributed by atoms with Gasteiger partial charge in [0.05, 0.1) is 31.9 Å². The van der Waals surface area contributed by atoms with Crippen LogP contribution in [0.3, 0.4) is 0 Å². The van der Waals surface area contributed by atoms with Gasteiger partial charge in [-0.05, 0) is 98.6 Å². The Morgan fingerprint density at radius 3 is 2.38 bits per heavy atom. The van der Waals surface area contributed by atoms with Crippen LogP contribution in [-0.4, -0.2) is 44.8 Å². The third kappa shape index (κ3) is 6.72.